The summed E-state index contributed by atoms with van der Waals surface area (Å²) in [6, 6.07) is 10.7. The number of nitrogens with zero attached hydrogens (tertiary/aromatic N) is 1. The van der Waals surface area contributed by atoms with Crippen LogP contribution < -0.4 is 5.32 Å². The van der Waals surface area contributed by atoms with E-state index in [9.17, 15) is 14.0 Å². The molecule has 7 heteroatoms. The summed E-state index contributed by atoms with van der Waals surface area (Å²) < 4.78 is 12.8. The molecular weight excluding hydrogens is 366 g/mol. The fourth-order valence-electron chi connectivity index (χ4n) is 2.17. The summed E-state index contributed by atoms with van der Waals surface area (Å²) in [4.78, 5) is 25.5. The van der Waals surface area contributed by atoms with Gasteiger partial charge < -0.3 is 10.2 Å². The Hall–Kier alpha value is -2.11. The van der Waals surface area contributed by atoms with Crippen molar-refractivity contribution >= 4 is 40.7 Å². The molecule has 2 amide bonds. The number of likely N-dealkylation sites (N-methyl/N-ethyl adjacent to an activating group) is 1. The summed E-state index contributed by atoms with van der Waals surface area (Å²) in [5, 5.41) is 3.39. The van der Waals surface area contributed by atoms with Gasteiger partial charge in [-0.15, -0.1) is 0 Å². The summed E-state index contributed by atoms with van der Waals surface area (Å²) in [6.07, 6.45) is 0.722. The zero-order valence-corrected chi connectivity index (χ0v) is 15.1. The maximum atomic E-state index is 12.8. The van der Waals surface area contributed by atoms with Gasteiger partial charge in [-0.1, -0.05) is 35.3 Å². The number of nitrogens with one attached hydrogen (secondary N) is 1. The van der Waals surface area contributed by atoms with E-state index in [4.69, 9.17) is 23.2 Å². The van der Waals surface area contributed by atoms with Crippen molar-refractivity contribution in [3.8, 4) is 0 Å². The second-order valence-corrected chi connectivity index (χ2v) is 6.37. The van der Waals surface area contributed by atoms with Crippen LogP contribution in [0.2, 0.25) is 10.0 Å². The zero-order chi connectivity index (χ0) is 18.4. The largest absolute Gasteiger partial charge is 0.336 e. The Labute approximate surface area is 155 Å². The summed E-state index contributed by atoms with van der Waals surface area (Å²) >= 11 is 11.7. The molecule has 0 fully saturated rings. The van der Waals surface area contributed by atoms with Crippen molar-refractivity contribution in [3.63, 3.8) is 0 Å². The second-order valence-electron chi connectivity index (χ2n) is 5.55. The highest BCUT2D eigenvalue weighted by molar-refractivity contribution is 6.42. The number of hydrogen-bond acceptors (Lipinski definition) is 2. The number of carbonyl (C=O) groups excluding carboxylic acids is 2. The number of carbonyl (C=O) groups is 2. The van der Waals surface area contributed by atoms with Crippen molar-refractivity contribution < 1.29 is 14.0 Å². The van der Waals surface area contributed by atoms with Gasteiger partial charge in [0.2, 0.25) is 11.8 Å². The molecule has 0 aliphatic carbocycles. The minimum atomic E-state index is -0.337. The third-order valence-corrected chi connectivity index (χ3v) is 4.29. The van der Waals surface area contributed by atoms with E-state index in [0.29, 0.717) is 22.2 Å². The van der Waals surface area contributed by atoms with E-state index < -0.39 is 0 Å². The number of hydrogen-bond donors (Lipinski definition) is 1. The van der Waals surface area contributed by atoms with Gasteiger partial charge in [0.1, 0.15) is 5.82 Å². The van der Waals surface area contributed by atoms with Gasteiger partial charge >= 0.3 is 0 Å². The molecule has 2 aromatic rings. The van der Waals surface area contributed by atoms with Crippen LogP contribution in [0.15, 0.2) is 42.5 Å². The molecule has 0 atom stereocenters. The van der Waals surface area contributed by atoms with Crippen molar-refractivity contribution in [2.45, 2.75) is 12.8 Å². The van der Waals surface area contributed by atoms with Crippen LogP contribution in [-0.4, -0.2) is 30.3 Å². The van der Waals surface area contributed by atoms with Crippen LogP contribution in [0.25, 0.3) is 0 Å². The molecule has 2 aromatic carbocycles. The number of rotatable bonds is 6. The van der Waals surface area contributed by atoms with E-state index in [0.717, 1.165) is 5.56 Å². The average molecular weight is 383 g/mol. The van der Waals surface area contributed by atoms with E-state index >= 15 is 0 Å². The first kappa shape index (κ1) is 19.2. The Bertz CT molecular complexity index is 766. The van der Waals surface area contributed by atoms with Crippen LogP contribution in [0.4, 0.5) is 10.1 Å². The lowest BCUT2D eigenvalue weighted by atomic mass is 10.1. The predicted molar refractivity (Wildman–Crippen MR) is 97.4 cm³/mol. The number of anilines is 1. The minimum Gasteiger partial charge on any atom is -0.336 e. The first-order valence-corrected chi connectivity index (χ1v) is 8.34. The predicted octanol–water partition coefficient (Wildman–Crippen LogP) is 4.16. The highest BCUT2D eigenvalue weighted by atomic mass is 35.5. The maximum Gasteiger partial charge on any atom is 0.243 e. The molecule has 0 aliphatic heterocycles. The highest BCUT2D eigenvalue weighted by Gasteiger charge is 2.13. The number of amides is 2. The van der Waals surface area contributed by atoms with Crippen molar-refractivity contribution in [1.29, 1.82) is 0 Å². The minimum absolute atomic E-state index is 0.0809. The van der Waals surface area contributed by atoms with Gasteiger partial charge in [-0.3, -0.25) is 9.59 Å². The van der Waals surface area contributed by atoms with Crippen molar-refractivity contribution in [1.82, 2.24) is 4.90 Å². The van der Waals surface area contributed by atoms with E-state index in [1.165, 1.54) is 23.1 Å². The van der Waals surface area contributed by atoms with Gasteiger partial charge in [0.25, 0.3) is 0 Å². The Kier molecular flexibility index (Phi) is 6.79. The summed E-state index contributed by atoms with van der Waals surface area (Å²) in [5.41, 5.74) is 1.37. The molecule has 0 aromatic heterocycles. The van der Waals surface area contributed by atoms with Gasteiger partial charge in [0, 0.05) is 19.2 Å². The molecule has 1 N–H and O–H groups in total. The summed E-state index contributed by atoms with van der Waals surface area (Å²) in [6.45, 7) is -0.0809. The van der Waals surface area contributed by atoms with Gasteiger partial charge in [0.05, 0.1) is 16.6 Å². The molecule has 0 spiro atoms. The van der Waals surface area contributed by atoms with Crippen LogP contribution >= 0.6 is 23.2 Å². The van der Waals surface area contributed by atoms with Crippen LogP contribution in [0.5, 0.6) is 0 Å². The third-order valence-electron chi connectivity index (χ3n) is 3.55. The Morgan fingerprint density at radius 3 is 2.40 bits per heavy atom. The van der Waals surface area contributed by atoms with Gasteiger partial charge in [-0.2, -0.15) is 0 Å². The standard InChI is InChI=1S/C18H17Cl2FN2O2/c1-23(18(25)9-4-12-2-5-13(21)6-3-12)11-17(24)22-14-7-8-15(19)16(20)10-14/h2-3,5-8,10H,4,9,11H2,1H3,(H,22,24). The van der Waals surface area contributed by atoms with Crippen LogP contribution in [0.3, 0.4) is 0 Å². The Morgan fingerprint density at radius 1 is 1.08 bits per heavy atom. The van der Waals surface area contributed by atoms with Crippen molar-refractivity contribution in [2.75, 3.05) is 18.9 Å². The topological polar surface area (TPSA) is 49.4 Å². The Morgan fingerprint density at radius 2 is 1.76 bits per heavy atom. The molecular formula is C18H17Cl2FN2O2. The lowest BCUT2D eigenvalue weighted by Crippen LogP contribution is -2.35. The molecule has 0 unspecified atom stereocenters. The zero-order valence-electron chi connectivity index (χ0n) is 13.6. The summed E-state index contributed by atoms with van der Waals surface area (Å²) in [7, 11) is 1.56. The maximum absolute atomic E-state index is 12.8. The normalized spacial score (nSPS) is 10.4. The van der Waals surface area contributed by atoms with E-state index in [2.05, 4.69) is 5.32 Å². The highest BCUT2D eigenvalue weighted by Crippen LogP contribution is 2.24. The van der Waals surface area contributed by atoms with Crippen molar-refractivity contribution in [2.24, 2.45) is 0 Å². The number of halogens is 3. The molecule has 0 heterocycles. The third kappa shape index (κ3) is 6.03. The summed E-state index contributed by atoms with van der Waals surface area (Å²) in [5.74, 6) is -0.823. The van der Waals surface area contributed by atoms with Crippen LogP contribution in [0, 0.1) is 5.82 Å². The molecule has 4 nitrogen and oxygen atoms in total. The molecule has 0 aliphatic rings. The average Bonchev–Trinajstić information content (AvgIpc) is 2.57. The molecule has 0 saturated carbocycles. The lowest BCUT2D eigenvalue weighted by Gasteiger charge is -2.17. The lowest BCUT2D eigenvalue weighted by molar-refractivity contribution is -0.133. The first-order valence-electron chi connectivity index (χ1n) is 7.58. The van der Waals surface area contributed by atoms with Crippen LogP contribution in [-0.2, 0) is 16.0 Å². The van der Waals surface area contributed by atoms with Gasteiger partial charge in [-0.05, 0) is 42.3 Å². The fourth-order valence-corrected chi connectivity index (χ4v) is 2.47. The SMILES string of the molecule is CN(CC(=O)Nc1ccc(Cl)c(Cl)c1)C(=O)CCc1ccc(F)cc1. The van der Waals surface area contributed by atoms with Gasteiger partial charge in [0.15, 0.2) is 0 Å². The Balaban J connectivity index is 1.82. The molecule has 132 valence electrons. The first-order chi connectivity index (χ1) is 11.8. The molecule has 2 rings (SSSR count). The van der Waals surface area contributed by atoms with Gasteiger partial charge in [-0.25, -0.2) is 4.39 Å². The van der Waals surface area contributed by atoms with E-state index in [1.54, 1.807) is 31.3 Å². The number of aryl methyl sites for hydroxylation is 1. The van der Waals surface area contributed by atoms with Crippen molar-refractivity contribution in [3.05, 3.63) is 63.9 Å². The molecule has 0 bridgehead atoms. The monoisotopic (exact) mass is 382 g/mol. The van der Waals surface area contributed by atoms with Crippen LogP contribution in [0.1, 0.15) is 12.0 Å². The second kappa shape index (κ2) is 8.83. The molecule has 0 radical (unpaired) electrons. The van der Waals surface area contributed by atoms with E-state index in [1.807, 2.05) is 0 Å². The quantitative estimate of drug-likeness (QED) is 0.814. The molecule has 25 heavy (non-hydrogen) atoms. The fraction of sp³-hybridized carbons (Fsp3) is 0.222. The molecule has 0 saturated heterocycles. The smallest absolute Gasteiger partial charge is 0.243 e. The van der Waals surface area contributed by atoms with E-state index in [-0.39, 0.29) is 30.6 Å². The number of benzene rings is 2.